The highest BCUT2D eigenvalue weighted by Crippen LogP contribution is 2.23. The van der Waals surface area contributed by atoms with Crippen molar-refractivity contribution in [1.29, 1.82) is 0 Å². The molecule has 0 atom stereocenters. The van der Waals surface area contributed by atoms with Crippen LogP contribution in [0.4, 0.5) is 0 Å². The van der Waals surface area contributed by atoms with Crippen LogP contribution in [0, 0.1) is 0 Å². The predicted octanol–water partition coefficient (Wildman–Crippen LogP) is 1.58. The molecule has 0 amide bonds. The first-order valence-electron chi connectivity index (χ1n) is 6.67. The molecule has 0 spiro atoms. The lowest BCUT2D eigenvalue weighted by atomic mass is 10.1. The molecule has 0 heterocycles. The Balaban J connectivity index is 2.60. The molecule has 1 N–H and O–H groups in total. The third-order valence-corrected chi connectivity index (χ3v) is 4.80. The van der Waals surface area contributed by atoms with Crippen molar-refractivity contribution in [1.82, 2.24) is 9.62 Å². The molecule has 1 saturated carbocycles. The third kappa shape index (κ3) is 5.36. The van der Waals surface area contributed by atoms with E-state index in [1.807, 2.05) is 7.05 Å². The molecule has 0 radical (unpaired) electrons. The molecule has 0 unspecified atom stereocenters. The van der Waals surface area contributed by atoms with Crippen molar-refractivity contribution in [3.63, 3.8) is 0 Å². The van der Waals surface area contributed by atoms with Gasteiger partial charge < -0.3 is 5.32 Å². The van der Waals surface area contributed by atoms with E-state index in [-0.39, 0.29) is 6.04 Å². The first-order chi connectivity index (χ1) is 8.05. The van der Waals surface area contributed by atoms with Crippen LogP contribution in [-0.4, -0.2) is 45.2 Å². The van der Waals surface area contributed by atoms with Gasteiger partial charge in [0.05, 0.1) is 6.26 Å². The fraction of sp³-hybridized carbons (Fsp3) is 1.00. The highest BCUT2D eigenvalue weighted by molar-refractivity contribution is 7.88. The Morgan fingerprint density at radius 2 is 1.76 bits per heavy atom. The van der Waals surface area contributed by atoms with Gasteiger partial charge >= 0.3 is 0 Å². The number of nitrogens with one attached hydrogen (secondary N) is 1. The average molecular weight is 262 g/mol. The van der Waals surface area contributed by atoms with E-state index in [1.165, 1.54) is 31.9 Å². The minimum atomic E-state index is -3.06. The second-order valence-corrected chi connectivity index (χ2v) is 6.91. The topological polar surface area (TPSA) is 49.4 Å². The van der Waals surface area contributed by atoms with Gasteiger partial charge in [0.1, 0.15) is 0 Å². The molecule has 0 aromatic carbocycles. The summed E-state index contributed by atoms with van der Waals surface area (Å²) in [6.07, 6.45) is 9.15. The molecule has 0 aromatic heterocycles. The molecule has 17 heavy (non-hydrogen) atoms. The average Bonchev–Trinajstić information content (AvgIpc) is 2.51. The van der Waals surface area contributed by atoms with Gasteiger partial charge in [0.25, 0.3) is 0 Å². The van der Waals surface area contributed by atoms with Gasteiger partial charge in [-0.1, -0.05) is 25.7 Å². The van der Waals surface area contributed by atoms with E-state index in [1.54, 1.807) is 4.31 Å². The summed E-state index contributed by atoms with van der Waals surface area (Å²) >= 11 is 0. The van der Waals surface area contributed by atoms with Gasteiger partial charge in [-0.25, -0.2) is 8.42 Å². The second-order valence-electron chi connectivity index (χ2n) is 4.98. The number of hydrogen-bond donors (Lipinski definition) is 1. The first-order valence-corrected chi connectivity index (χ1v) is 8.52. The van der Waals surface area contributed by atoms with Gasteiger partial charge in [0.2, 0.25) is 10.0 Å². The Labute approximate surface area is 106 Å². The summed E-state index contributed by atoms with van der Waals surface area (Å²) in [5, 5.41) is 3.07. The van der Waals surface area contributed by atoms with E-state index in [2.05, 4.69) is 5.32 Å². The van der Waals surface area contributed by atoms with Crippen molar-refractivity contribution in [2.24, 2.45) is 0 Å². The van der Waals surface area contributed by atoms with E-state index in [4.69, 9.17) is 0 Å². The van der Waals surface area contributed by atoms with Crippen LogP contribution in [0.25, 0.3) is 0 Å². The molecule has 5 heteroatoms. The second kappa shape index (κ2) is 7.34. The van der Waals surface area contributed by atoms with E-state index >= 15 is 0 Å². The van der Waals surface area contributed by atoms with Gasteiger partial charge in [-0.15, -0.1) is 0 Å². The predicted molar refractivity (Wildman–Crippen MR) is 71.6 cm³/mol. The molecule has 1 aliphatic rings. The van der Waals surface area contributed by atoms with E-state index in [9.17, 15) is 8.42 Å². The lowest BCUT2D eigenvalue weighted by Crippen LogP contribution is -2.40. The zero-order chi connectivity index (χ0) is 12.7. The van der Waals surface area contributed by atoms with Gasteiger partial charge in [0, 0.05) is 12.6 Å². The molecule has 0 bridgehead atoms. The molecule has 0 aliphatic heterocycles. The van der Waals surface area contributed by atoms with Crippen LogP contribution >= 0.6 is 0 Å². The molecule has 0 aromatic rings. The molecule has 0 saturated heterocycles. The SMILES string of the molecule is CNCCCN(C1CCCCCC1)S(C)(=O)=O. The van der Waals surface area contributed by atoms with Gasteiger partial charge in [-0.3, -0.25) is 0 Å². The molecule has 102 valence electrons. The molecule has 1 aliphatic carbocycles. The number of rotatable bonds is 6. The van der Waals surface area contributed by atoms with Crippen molar-refractivity contribution >= 4 is 10.0 Å². The van der Waals surface area contributed by atoms with Gasteiger partial charge in [-0.05, 0) is 32.9 Å². The monoisotopic (exact) mass is 262 g/mol. The van der Waals surface area contributed by atoms with Crippen LogP contribution in [-0.2, 0) is 10.0 Å². The Bertz CT molecular complexity index is 296. The third-order valence-electron chi connectivity index (χ3n) is 3.46. The Morgan fingerprint density at radius 1 is 1.18 bits per heavy atom. The van der Waals surface area contributed by atoms with Crippen LogP contribution in [0.2, 0.25) is 0 Å². The summed E-state index contributed by atoms with van der Waals surface area (Å²) in [4.78, 5) is 0. The van der Waals surface area contributed by atoms with Crippen LogP contribution in [0.1, 0.15) is 44.9 Å². The van der Waals surface area contributed by atoms with Crippen molar-refractivity contribution in [3.8, 4) is 0 Å². The van der Waals surface area contributed by atoms with E-state index < -0.39 is 10.0 Å². The Kier molecular flexibility index (Phi) is 6.44. The molecular formula is C12H26N2O2S. The summed E-state index contributed by atoms with van der Waals surface area (Å²) in [6.45, 7) is 1.53. The van der Waals surface area contributed by atoms with Gasteiger partial charge in [0.15, 0.2) is 0 Å². The maximum atomic E-state index is 11.8. The van der Waals surface area contributed by atoms with E-state index in [0.717, 1.165) is 25.8 Å². The molecule has 1 fully saturated rings. The van der Waals surface area contributed by atoms with E-state index in [0.29, 0.717) is 6.54 Å². The first kappa shape index (κ1) is 14.9. The molecule has 4 nitrogen and oxygen atoms in total. The summed E-state index contributed by atoms with van der Waals surface area (Å²) in [6, 6.07) is 0.240. The van der Waals surface area contributed by atoms with Crippen molar-refractivity contribution in [2.45, 2.75) is 51.0 Å². The van der Waals surface area contributed by atoms with Crippen molar-refractivity contribution in [3.05, 3.63) is 0 Å². The quantitative estimate of drug-likeness (QED) is 0.584. The van der Waals surface area contributed by atoms with Crippen LogP contribution in [0.3, 0.4) is 0 Å². The molecular weight excluding hydrogens is 236 g/mol. The smallest absolute Gasteiger partial charge is 0.211 e. The lowest BCUT2D eigenvalue weighted by Gasteiger charge is -2.28. The normalized spacial score (nSPS) is 19.5. The zero-order valence-corrected chi connectivity index (χ0v) is 11.9. The summed E-state index contributed by atoms with van der Waals surface area (Å²) in [7, 11) is -1.16. The number of hydrogen-bond acceptors (Lipinski definition) is 3. The highest BCUT2D eigenvalue weighted by Gasteiger charge is 2.26. The maximum absolute atomic E-state index is 11.8. The van der Waals surface area contributed by atoms with Crippen molar-refractivity contribution < 1.29 is 8.42 Å². The minimum absolute atomic E-state index is 0.240. The summed E-state index contributed by atoms with van der Waals surface area (Å²) in [5.74, 6) is 0. The fourth-order valence-corrected chi connectivity index (χ4v) is 3.79. The molecule has 1 rings (SSSR count). The van der Waals surface area contributed by atoms with Crippen LogP contribution < -0.4 is 5.32 Å². The van der Waals surface area contributed by atoms with Crippen LogP contribution in [0.15, 0.2) is 0 Å². The number of nitrogens with zero attached hydrogens (tertiary/aromatic N) is 1. The fourth-order valence-electron chi connectivity index (χ4n) is 2.58. The van der Waals surface area contributed by atoms with Crippen molar-refractivity contribution in [2.75, 3.05) is 26.4 Å². The Hall–Kier alpha value is -0.130. The van der Waals surface area contributed by atoms with Crippen LogP contribution in [0.5, 0.6) is 0 Å². The lowest BCUT2D eigenvalue weighted by molar-refractivity contribution is 0.291. The highest BCUT2D eigenvalue weighted by atomic mass is 32.2. The number of sulfonamides is 1. The summed E-state index contributed by atoms with van der Waals surface area (Å²) < 4.78 is 25.4. The minimum Gasteiger partial charge on any atom is -0.320 e. The maximum Gasteiger partial charge on any atom is 0.211 e. The Morgan fingerprint density at radius 3 is 2.24 bits per heavy atom. The largest absolute Gasteiger partial charge is 0.320 e. The van der Waals surface area contributed by atoms with Gasteiger partial charge in [-0.2, -0.15) is 4.31 Å². The summed E-state index contributed by atoms with van der Waals surface area (Å²) in [5.41, 5.74) is 0. The zero-order valence-electron chi connectivity index (χ0n) is 11.1. The standard InChI is InChI=1S/C12H26N2O2S/c1-13-10-7-11-14(17(2,15)16)12-8-5-3-4-6-9-12/h12-13H,3-11H2,1-2H3.